The minimum atomic E-state index is 0.628. The second-order valence-corrected chi connectivity index (χ2v) is 3.11. The highest BCUT2D eigenvalue weighted by atomic mass is 15.2. The smallest absolute Gasteiger partial charge is 0.155 e. The third-order valence-electron chi connectivity index (χ3n) is 1.89. The van der Waals surface area contributed by atoms with Crippen molar-refractivity contribution in [3.05, 3.63) is 29.7 Å². The lowest BCUT2D eigenvalue weighted by molar-refractivity contribution is 0.851. The molecule has 0 aliphatic rings. The highest BCUT2D eigenvalue weighted by molar-refractivity contribution is 5.39. The summed E-state index contributed by atoms with van der Waals surface area (Å²) in [4.78, 5) is 4.24. The average Bonchev–Trinajstić information content (AvgIpc) is 2.46. The third kappa shape index (κ3) is 1.53. The van der Waals surface area contributed by atoms with Crippen molar-refractivity contribution in [1.82, 2.24) is 14.6 Å². The zero-order chi connectivity index (χ0) is 9.26. The maximum atomic E-state index is 5.44. The first-order valence-corrected chi connectivity index (χ1v) is 4.30. The van der Waals surface area contributed by atoms with Gasteiger partial charge in [-0.1, -0.05) is 0 Å². The number of nitrogens with zero attached hydrogens (tertiary/aromatic N) is 3. The van der Waals surface area contributed by atoms with Crippen molar-refractivity contribution in [2.24, 2.45) is 5.73 Å². The number of hydrogen-bond acceptors (Lipinski definition) is 3. The molecule has 0 fully saturated rings. The molecule has 0 saturated heterocycles. The molecule has 0 bridgehead atoms. The van der Waals surface area contributed by atoms with Gasteiger partial charge in [-0.2, -0.15) is 5.10 Å². The summed E-state index contributed by atoms with van der Waals surface area (Å²) >= 11 is 0. The molecular formula is C9H12N4. The zero-order valence-electron chi connectivity index (χ0n) is 7.57. The van der Waals surface area contributed by atoms with Crippen LogP contribution in [0.5, 0.6) is 0 Å². The van der Waals surface area contributed by atoms with Crippen molar-refractivity contribution in [2.75, 3.05) is 6.54 Å². The fourth-order valence-electron chi connectivity index (χ4n) is 1.29. The minimum Gasteiger partial charge on any atom is -0.330 e. The largest absolute Gasteiger partial charge is 0.330 e. The van der Waals surface area contributed by atoms with Crippen molar-refractivity contribution >= 4 is 5.65 Å². The first-order valence-electron chi connectivity index (χ1n) is 4.30. The van der Waals surface area contributed by atoms with E-state index in [0.29, 0.717) is 6.54 Å². The molecule has 0 amide bonds. The summed E-state index contributed by atoms with van der Waals surface area (Å²) in [5.74, 6) is 0. The first kappa shape index (κ1) is 8.19. The van der Waals surface area contributed by atoms with E-state index in [2.05, 4.69) is 10.1 Å². The van der Waals surface area contributed by atoms with Gasteiger partial charge in [0.1, 0.15) is 0 Å². The molecule has 0 aliphatic carbocycles. The van der Waals surface area contributed by atoms with Gasteiger partial charge in [0, 0.05) is 24.9 Å². The quantitative estimate of drug-likeness (QED) is 0.726. The van der Waals surface area contributed by atoms with Crippen LogP contribution in [0.25, 0.3) is 5.65 Å². The van der Waals surface area contributed by atoms with Gasteiger partial charge in [-0.3, -0.25) is 0 Å². The van der Waals surface area contributed by atoms with Crippen LogP contribution in [-0.4, -0.2) is 21.1 Å². The van der Waals surface area contributed by atoms with Crippen LogP contribution in [0.2, 0.25) is 0 Å². The number of nitrogens with two attached hydrogens (primary N) is 1. The number of rotatable bonds is 2. The van der Waals surface area contributed by atoms with E-state index in [1.54, 1.807) is 4.52 Å². The molecule has 13 heavy (non-hydrogen) atoms. The fourth-order valence-corrected chi connectivity index (χ4v) is 1.29. The van der Waals surface area contributed by atoms with Gasteiger partial charge in [0.25, 0.3) is 0 Å². The molecule has 2 aromatic heterocycles. The van der Waals surface area contributed by atoms with E-state index in [4.69, 9.17) is 5.73 Å². The summed E-state index contributed by atoms with van der Waals surface area (Å²) in [6.07, 6.45) is 4.61. The molecule has 4 heteroatoms. The summed E-state index contributed by atoms with van der Waals surface area (Å²) in [6, 6.07) is 1.96. The van der Waals surface area contributed by atoms with E-state index in [1.165, 1.54) is 0 Å². The Kier molecular flexibility index (Phi) is 1.98. The molecule has 0 atom stereocenters. The maximum Gasteiger partial charge on any atom is 0.155 e. The van der Waals surface area contributed by atoms with Crippen LogP contribution in [-0.2, 0) is 6.42 Å². The summed E-state index contributed by atoms with van der Waals surface area (Å²) in [5, 5.41) is 4.34. The van der Waals surface area contributed by atoms with Crippen molar-refractivity contribution < 1.29 is 0 Å². The van der Waals surface area contributed by atoms with Gasteiger partial charge in [-0.05, 0) is 19.0 Å². The van der Waals surface area contributed by atoms with Crippen LogP contribution >= 0.6 is 0 Å². The van der Waals surface area contributed by atoms with Crippen molar-refractivity contribution in [2.45, 2.75) is 13.3 Å². The second-order valence-electron chi connectivity index (χ2n) is 3.11. The van der Waals surface area contributed by atoms with Crippen LogP contribution in [0.3, 0.4) is 0 Å². The lowest BCUT2D eigenvalue weighted by Gasteiger charge is -1.92. The molecule has 2 heterocycles. The highest BCUT2D eigenvalue weighted by Crippen LogP contribution is 2.04. The molecule has 0 saturated carbocycles. The summed E-state index contributed by atoms with van der Waals surface area (Å²) in [5.41, 5.74) is 8.43. The van der Waals surface area contributed by atoms with Gasteiger partial charge in [0.05, 0.1) is 5.69 Å². The Morgan fingerprint density at radius 1 is 1.54 bits per heavy atom. The van der Waals surface area contributed by atoms with Crippen LogP contribution in [0.4, 0.5) is 0 Å². The molecule has 68 valence electrons. The molecule has 2 aromatic rings. The normalized spacial score (nSPS) is 10.9. The highest BCUT2D eigenvalue weighted by Gasteiger charge is 2.00. The standard InChI is InChI=1S/C9H12N4/c1-7-5-11-9-4-8(2-3-10)12-13(9)6-7/h4-6H,2-3,10H2,1H3. The van der Waals surface area contributed by atoms with Crippen molar-refractivity contribution in [1.29, 1.82) is 0 Å². The predicted octanol–water partition coefficient (Wildman–Crippen LogP) is 0.539. The van der Waals surface area contributed by atoms with E-state index in [1.807, 2.05) is 25.4 Å². The molecule has 0 aromatic carbocycles. The van der Waals surface area contributed by atoms with E-state index < -0.39 is 0 Å². The van der Waals surface area contributed by atoms with Crippen LogP contribution < -0.4 is 5.73 Å². The Bertz CT molecular complexity index is 418. The molecule has 4 nitrogen and oxygen atoms in total. The summed E-state index contributed by atoms with van der Waals surface area (Å²) in [6.45, 7) is 2.62. The molecule has 2 rings (SSSR count). The van der Waals surface area contributed by atoms with Crippen LogP contribution in [0.1, 0.15) is 11.3 Å². The van der Waals surface area contributed by atoms with Gasteiger partial charge in [-0.25, -0.2) is 9.50 Å². The Morgan fingerprint density at radius 2 is 2.38 bits per heavy atom. The summed E-state index contributed by atoms with van der Waals surface area (Å²) in [7, 11) is 0. The van der Waals surface area contributed by atoms with E-state index in [-0.39, 0.29) is 0 Å². The van der Waals surface area contributed by atoms with Gasteiger partial charge in [0.2, 0.25) is 0 Å². The molecule has 0 unspecified atom stereocenters. The average molecular weight is 176 g/mol. The van der Waals surface area contributed by atoms with E-state index in [9.17, 15) is 0 Å². The topological polar surface area (TPSA) is 56.2 Å². The zero-order valence-corrected chi connectivity index (χ0v) is 7.57. The molecule has 0 spiro atoms. The molecular weight excluding hydrogens is 164 g/mol. The van der Waals surface area contributed by atoms with Crippen molar-refractivity contribution in [3.8, 4) is 0 Å². The SMILES string of the molecule is Cc1cnc2cc(CCN)nn2c1. The number of fused-ring (bicyclic) bond motifs is 1. The Balaban J connectivity index is 2.49. The minimum absolute atomic E-state index is 0.628. The monoisotopic (exact) mass is 176 g/mol. The fraction of sp³-hybridized carbons (Fsp3) is 0.333. The van der Waals surface area contributed by atoms with E-state index >= 15 is 0 Å². The molecule has 2 N–H and O–H groups in total. The summed E-state index contributed by atoms with van der Waals surface area (Å²) < 4.78 is 1.79. The maximum absolute atomic E-state index is 5.44. The molecule has 0 radical (unpaired) electrons. The number of aromatic nitrogens is 3. The van der Waals surface area contributed by atoms with Crippen LogP contribution in [0.15, 0.2) is 18.5 Å². The van der Waals surface area contributed by atoms with Gasteiger partial charge < -0.3 is 5.73 Å². The predicted molar refractivity (Wildman–Crippen MR) is 50.5 cm³/mol. The van der Waals surface area contributed by atoms with Gasteiger partial charge in [-0.15, -0.1) is 0 Å². The second kappa shape index (κ2) is 3.14. The van der Waals surface area contributed by atoms with Gasteiger partial charge >= 0.3 is 0 Å². The first-order chi connectivity index (χ1) is 6.29. The van der Waals surface area contributed by atoms with Crippen molar-refractivity contribution in [3.63, 3.8) is 0 Å². The van der Waals surface area contributed by atoms with E-state index in [0.717, 1.165) is 23.3 Å². The van der Waals surface area contributed by atoms with Crippen LogP contribution in [0, 0.1) is 6.92 Å². The molecule has 0 aliphatic heterocycles. The Hall–Kier alpha value is -1.42. The third-order valence-corrected chi connectivity index (χ3v) is 1.89. The number of aryl methyl sites for hydroxylation is 1. The Morgan fingerprint density at radius 3 is 3.15 bits per heavy atom. The number of hydrogen-bond donors (Lipinski definition) is 1. The van der Waals surface area contributed by atoms with Gasteiger partial charge in [0.15, 0.2) is 5.65 Å². The Labute approximate surface area is 76.4 Å². The lowest BCUT2D eigenvalue weighted by Crippen LogP contribution is -2.03. The lowest BCUT2D eigenvalue weighted by atomic mass is 10.3.